The summed E-state index contributed by atoms with van der Waals surface area (Å²) >= 11 is 0. The number of allylic oxidation sites excluding steroid dienone is 4. The van der Waals surface area contributed by atoms with E-state index in [0.717, 1.165) is 17.2 Å². The van der Waals surface area contributed by atoms with E-state index in [4.69, 9.17) is 0 Å². The highest BCUT2D eigenvalue weighted by Gasteiger charge is 1.89. The van der Waals surface area contributed by atoms with Crippen molar-refractivity contribution in [3.63, 3.8) is 0 Å². The lowest BCUT2D eigenvalue weighted by atomic mass is 10.4. The van der Waals surface area contributed by atoms with Crippen LogP contribution in [0.1, 0.15) is 34.6 Å². The zero-order valence-electron chi connectivity index (χ0n) is 8.60. The standard InChI is InChI=1S/C10H18N2/c1-6-8(3)11-10(5)12-9(4)7-2/h6-7H,1-5H3,(H,11,12). The minimum absolute atomic E-state index is 0.932. The van der Waals surface area contributed by atoms with Crippen LogP contribution in [0.2, 0.25) is 0 Å². The van der Waals surface area contributed by atoms with Crippen LogP contribution in [0.4, 0.5) is 0 Å². The molecule has 1 N–H and O–H groups in total. The van der Waals surface area contributed by atoms with Gasteiger partial charge >= 0.3 is 0 Å². The minimum Gasteiger partial charge on any atom is -0.348 e. The lowest BCUT2D eigenvalue weighted by Crippen LogP contribution is -2.17. The Bertz CT molecular complexity index is 222. The fourth-order valence-corrected chi connectivity index (χ4v) is 0.715. The molecule has 2 nitrogen and oxygen atoms in total. The van der Waals surface area contributed by atoms with Crippen molar-refractivity contribution in [3.8, 4) is 0 Å². The van der Waals surface area contributed by atoms with Crippen molar-refractivity contribution in [1.82, 2.24) is 5.32 Å². The molecule has 68 valence electrons. The molecule has 0 rings (SSSR count). The maximum atomic E-state index is 4.31. The molecule has 0 spiro atoms. The first-order valence-electron chi connectivity index (χ1n) is 4.18. The van der Waals surface area contributed by atoms with Gasteiger partial charge in [0.05, 0.1) is 0 Å². The molecule has 0 saturated heterocycles. The first kappa shape index (κ1) is 11.0. The van der Waals surface area contributed by atoms with Gasteiger partial charge in [0.1, 0.15) is 5.84 Å². The molecular formula is C10H18N2. The van der Waals surface area contributed by atoms with Crippen LogP contribution in [0, 0.1) is 0 Å². The Kier molecular flexibility index (Phi) is 5.09. The van der Waals surface area contributed by atoms with Crippen molar-refractivity contribution in [1.29, 1.82) is 0 Å². The lowest BCUT2D eigenvalue weighted by molar-refractivity contribution is 1.08. The molecule has 0 radical (unpaired) electrons. The maximum absolute atomic E-state index is 4.31. The summed E-state index contributed by atoms with van der Waals surface area (Å²) in [4.78, 5) is 4.31. The van der Waals surface area contributed by atoms with E-state index in [-0.39, 0.29) is 0 Å². The van der Waals surface area contributed by atoms with Crippen molar-refractivity contribution in [2.24, 2.45) is 4.99 Å². The van der Waals surface area contributed by atoms with Gasteiger partial charge in [-0.25, -0.2) is 4.99 Å². The molecule has 0 saturated carbocycles. The number of hydrogen-bond donors (Lipinski definition) is 1. The van der Waals surface area contributed by atoms with Gasteiger partial charge in [-0.05, 0) is 34.6 Å². The molecule has 0 aliphatic rings. The van der Waals surface area contributed by atoms with Gasteiger partial charge in [-0.1, -0.05) is 12.2 Å². The molecule has 0 aromatic heterocycles. The van der Waals surface area contributed by atoms with Crippen molar-refractivity contribution >= 4 is 5.84 Å². The number of rotatable bonds is 2. The molecule has 0 fully saturated rings. The van der Waals surface area contributed by atoms with Crippen LogP contribution in [-0.2, 0) is 0 Å². The molecule has 0 atom stereocenters. The number of amidine groups is 1. The summed E-state index contributed by atoms with van der Waals surface area (Å²) in [6.45, 7) is 9.94. The third-order valence-corrected chi connectivity index (χ3v) is 1.57. The van der Waals surface area contributed by atoms with Gasteiger partial charge < -0.3 is 5.32 Å². The Balaban J connectivity index is 4.21. The number of nitrogens with zero attached hydrogens (tertiary/aromatic N) is 1. The normalized spacial score (nSPS) is 14.9. The predicted molar refractivity (Wildman–Crippen MR) is 55.1 cm³/mol. The van der Waals surface area contributed by atoms with Crippen LogP contribution in [0.15, 0.2) is 28.5 Å². The third kappa shape index (κ3) is 4.72. The van der Waals surface area contributed by atoms with Crippen LogP contribution in [-0.4, -0.2) is 5.84 Å². The molecule has 0 aliphatic heterocycles. The second kappa shape index (κ2) is 5.58. The van der Waals surface area contributed by atoms with Crippen molar-refractivity contribution in [2.45, 2.75) is 34.6 Å². The SMILES string of the molecule is CC=C(C)N=C(C)NC(C)=CC. The predicted octanol–water partition coefficient (Wildman–Crippen LogP) is 2.84. The summed E-state index contributed by atoms with van der Waals surface area (Å²) < 4.78 is 0. The van der Waals surface area contributed by atoms with E-state index in [0.29, 0.717) is 0 Å². The van der Waals surface area contributed by atoms with Crippen LogP contribution in [0.25, 0.3) is 0 Å². The van der Waals surface area contributed by atoms with Gasteiger partial charge in [0, 0.05) is 11.4 Å². The summed E-state index contributed by atoms with van der Waals surface area (Å²) in [6.07, 6.45) is 4.00. The second-order valence-corrected chi connectivity index (χ2v) is 2.72. The summed E-state index contributed by atoms with van der Waals surface area (Å²) in [6, 6.07) is 0. The van der Waals surface area contributed by atoms with Gasteiger partial charge in [-0.3, -0.25) is 0 Å². The first-order chi connectivity index (χ1) is 5.60. The van der Waals surface area contributed by atoms with Gasteiger partial charge in [0.2, 0.25) is 0 Å². The number of aliphatic imine (C=N–C) groups is 1. The van der Waals surface area contributed by atoms with Gasteiger partial charge in [-0.2, -0.15) is 0 Å². The van der Waals surface area contributed by atoms with Crippen LogP contribution >= 0.6 is 0 Å². The number of nitrogens with one attached hydrogen (secondary N) is 1. The average molecular weight is 166 g/mol. The molecule has 0 amide bonds. The smallest absolute Gasteiger partial charge is 0.103 e. The summed E-state index contributed by atoms with van der Waals surface area (Å²) in [5.74, 6) is 0.932. The molecule has 2 heteroatoms. The Morgan fingerprint density at radius 3 is 2.08 bits per heavy atom. The van der Waals surface area contributed by atoms with Gasteiger partial charge in [-0.15, -0.1) is 0 Å². The topological polar surface area (TPSA) is 24.4 Å². The molecule has 12 heavy (non-hydrogen) atoms. The Morgan fingerprint density at radius 1 is 1.08 bits per heavy atom. The maximum Gasteiger partial charge on any atom is 0.103 e. The average Bonchev–Trinajstić information content (AvgIpc) is 2.03. The molecule has 0 bridgehead atoms. The zero-order valence-corrected chi connectivity index (χ0v) is 8.60. The highest BCUT2D eigenvalue weighted by molar-refractivity contribution is 5.81. The Morgan fingerprint density at radius 2 is 1.67 bits per heavy atom. The molecule has 0 aromatic rings. The Labute approximate surface area is 75.1 Å². The van der Waals surface area contributed by atoms with Crippen LogP contribution in [0.5, 0.6) is 0 Å². The minimum atomic E-state index is 0.932. The van der Waals surface area contributed by atoms with E-state index < -0.39 is 0 Å². The number of hydrogen-bond acceptors (Lipinski definition) is 1. The van der Waals surface area contributed by atoms with E-state index in [1.807, 2.05) is 46.8 Å². The largest absolute Gasteiger partial charge is 0.348 e. The highest BCUT2D eigenvalue weighted by atomic mass is 15.0. The summed E-state index contributed by atoms with van der Waals surface area (Å²) in [5, 5.41) is 3.16. The summed E-state index contributed by atoms with van der Waals surface area (Å²) in [7, 11) is 0. The van der Waals surface area contributed by atoms with Crippen molar-refractivity contribution in [2.75, 3.05) is 0 Å². The molecule has 0 unspecified atom stereocenters. The lowest BCUT2D eigenvalue weighted by Gasteiger charge is -2.04. The van der Waals surface area contributed by atoms with Gasteiger partial charge in [0.25, 0.3) is 0 Å². The highest BCUT2D eigenvalue weighted by Crippen LogP contribution is 1.94. The summed E-state index contributed by atoms with van der Waals surface area (Å²) in [5.41, 5.74) is 2.16. The van der Waals surface area contributed by atoms with E-state index in [2.05, 4.69) is 10.3 Å². The van der Waals surface area contributed by atoms with Gasteiger partial charge in [0.15, 0.2) is 0 Å². The van der Waals surface area contributed by atoms with Crippen molar-refractivity contribution < 1.29 is 0 Å². The Hall–Kier alpha value is -1.05. The third-order valence-electron chi connectivity index (χ3n) is 1.57. The molecule has 0 aromatic carbocycles. The van der Waals surface area contributed by atoms with Crippen LogP contribution < -0.4 is 5.32 Å². The van der Waals surface area contributed by atoms with E-state index >= 15 is 0 Å². The zero-order chi connectivity index (χ0) is 9.56. The van der Waals surface area contributed by atoms with Crippen LogP contribution in [0.3, 0.4) is 0 Å². The molecule has 0 heterocycles. The molecular weight excluding hydrogens is 148 g/mol. The monoisotopic (exact) mass is 166 g/mol. The molecule has 0 aliphatic carbocycles. The van der Waals surface area contributed by atoms with E-state index in [1.165, 1.54) is 0 Å². The quantitative estimate of drug-likeness (QED) is 0.495. The second-order valence-electron chi connectivity index (χ2n) is 2.72. The first-order valence-corrected chi connectivity index (χ1v) is 4.18. The fourth-order valence-electron chi connectivity index (χ4n) is 0.715. The van der Waals surface area contributed by atoms with E-state index in [9.17, 15) is 0 Å². The van der Waals surface area contributed by atoms with E-state index in [1.54, 1.807) is 0 Å². The van der Waals surface area contributed by atoms with Crippen molar-refractivity contribution in [3.05, 3.63) is 23.5 Å². The fraction of sp³-hybridized carbons (Fsp3) is 0.500.